The van der Waals surface area contributed by atoms with Crippen LogP contribution < -0.4 is 11.1 Å². The molecule has 3 N–H and O–H groups in total. The van der Waals surface area contributed by atoms with Crippen molar-refractivity contribution in [2.75, 3.05) is 18.4 Å². The number of nitrogens with one attached hydrogen (secondary N) is 1. The first-order chi connectivity index (χ1) is 5.83. The zero-order valence-corrected chi connectivity index (χ0v) is 7.20. The second-order valence-corrected chi connectivity index (χ2v) is 2.46. The lowest BCUT2D eigenvalue weighted by atomic mass is 10.5. The van der Waals surface area contributed by atoms with Crippen LogP contribution in [0.1, 0.15) is 0 Å². The minimum atomic E-state index is 0.587. The second-order valence-electron chi connectivity index (χ2n) is 2.46. The third-order valence-corrected chi connectivity index (χ3v) is 1.42. The number of rotatable bonds is 4. The van der Waals surface area contributed by atoms with Gasteiger partial charge in [-0.2, -0.15) is 5.10 Å². The van der Waals surface area contributed by atoms with E-state index in [-0.39, 0.29) is 0 Å². The standard InChI is InChI=1S/C8H14N4/c1-12-7-4-8(11-12)10-6-3-2-5-9/h2-4,7H,5-6,9H2,1H3,(H,10,11)/b3-2+. The minimum Gasteiger partial charge on any atom is -0.365 e. The van der Waals surface area contributed by atoms with Gasteiger partial charge >= 0.3 is 0 Å². The van der Waals surface area contributed by atoms with Gasteiger partial charge in [0.15, 0.2) is 0 Å². The van der Waals surface area contributed by atoms with E-state index in [1.54, 1.807) is 4.68 Å². The van der Waals surface area contributed by atoms with E-state index in [4.69, 9.17) is 5.73 Å². The number of hydrogen-bond acceptors (Lipinski definition) is 3. The van der Waals surface area contributed by atoms with Gasteiger partial charge in [-0.1, -0.05) is 12.2 Å². The molecule has 4 nitrogen and oxygen atoms in total. The van der Waals surface area contributed by atoms with Crippen molar-refractivity contribution in [1.29, 1.82) is 0 Å². The van der Waals surface area contributed by atoms with Crippen LogP contribution in [0.5, 0.6) is 0 Å². The average molecular weight is 166 g/mol. The fourth-order valence-electron chi connectivity index (χ4n) is 0.852. The molecule has 1 aromatic heterocycles. The number of hydrogen-bond donors (Lipinski definition) is 2. The first-order valence-electron chi connectivity index (χ1n) is 3.91. The average Bonchev–Trinajstić information content (AvgIpc) is 2.45. The Morgan fingerprint density at radius 1 is 1.67 bits per heavy atom. The first-order valence-corrected chi connectivity index (χ1v) is 3.91. The first kappa shape index (κ1) is 8.80. The van der Waals surface area contributed by atoms with E-state index in [9.17, 15) is 0 Å². The quantitative estimate of drug-likeness (QED) is 0.634. The highest BCUT2D eigenvalue weighted by molar-refractivity contribution is 5.32. The number of nitrogens with zero attached hydrogens (tertiary/aromatic N) is 2. The highest BCUT2D eigenvalue weighted by atomic mass is 15.3. The Labute approximate surface area is 72.1 Å². The summed E-state index contributed by atoms with van der Waals surface area (Å²) in [4.78, 5) is 0. The van der Waals surface area contributed by atoms with Crippen LogP contribution in [0, 0.1) is 0 Å². The van der Waals surface area contributed by atoms with E-state index in [1.165, 1.54) is 0 Å². The molecule has 1 rings (SSSR count). The molecule has 1 heterocycles. The molecule has 66 valence electrons. The Hall–Kier alpha value is -1.29. The van der Waals surface area contributed by atoms with Gasteiger partial charge < -0.3 is 11.1 Å². The molecule has 0 fully saturated rings. The molecule has 0 saturated heterocycles. The van der Waals surface area contributed by atoms with Crippen LogP contribution in [0.2, 0.25) is 0 Å². The molecular weight excluding hydrogens is 152 g/mol. The highest BCUT2D eigenvalue weighted by Crippen LogP contribution is 1.99. The van der Waals surface area contributed by atoms with E-state index in [2.05, 4.69) is 10.4 Å². The molecule has 0 bridgehead atoms. The van der Waals surface area contributed by atoms with Gasteiger partial charge in [-0.15, -0.1) is 0 Å². The number of nitrogens with two attached hydrogens (primary N) is 1. The van der Waals surface area contributed by atoms with Crippen LogP contribution >= 0.6 is 0 Å². The third-order valence-electron chi connectivity index (χ3n) is 1.42. The van der Waals surface area contributed by atoms with E-state index in [1.807, 2.05) is 31.5 Å². The predicted octanol–water partition coefficient (Wildman–Crippen LogP) is 0.347. The Morgan fingerprint density at radius 2 is 2.50 bits per heavy atom. The number of aromatic nitrogens is 2. The maximum Gasteiger partial charge on any atom is 0.148 e. The summed E-state index contributed by atoms with van der Waals surface area (Å²) in [6.45, 7) is 1.36. The molecule has 0 aliphatic heterocycles. The van der Waals surface area contributed by atoms with Crippen molar-refractivity contribution in [3.63, 3.8) is 0 Å². The summed E-state index contributed by atoms with van der Waals surface area (Å²) in [5.74, 6) is 0.888. The van der Waals surface area contributed by atoms with E-state index in [0.717, 1.165) is 12.4 Å². The topological polar surface area (TPSA) is 55.9 Å². The fourth-order valence-corrected chi connectivity index (χ4v) is 0.852. The zero-order valence-electron chi connectivity index (χ0n) is 7.20. The van der Waals surface area contributed by atoms with Crippen LogP contribution in [-0.2, 0) is 7.05 Å². The maximum absolute atomic E-state index is 5.28. The zero-order chi connectivity index (χ0) is 8.81. The molecule has 0 aliphatic rings. The van der Waals surface area contributed by atoms with Gasteiger partial charge in [0.05, 0.1) is 0 Å². The Morgan fingerprint density at radius 3 is 3.08 bits per heavy atom. The lowest BCUT2D eigenvalue weighted by molar-refractivity contribution is 0.769. The largest absolute Gasteiger partial charge is 0.365 e. The summed E-state index contributed by atoms with van der Waals surface area (Å²) in [6.07, 6.45) is 5.79. The predicted molar refractivity (Wildman–Crippen MR) is 49.9 cm³/mol. The maximum atomic E-state index is 5.28. The van der Waals surface area contributed by atoms with Crippen molar-refractivity contribution < 1.29 is 0 Å². The molecule has 0 aliphatic carbocycles. The second kappa shape index (κ2) is 4.56. The van der Waals surface area contributed by atoms with Crippen molar-refractivity contribution in [3.8, 4) is 0 Å². The lowest BCUT2D eigenvalue weighted by Gasteiger charge is -1.95. The molecule has 0 spiro atoms. The number of anilines is 1. The summed E-state index contributed by atoms with van der Waals surface area (Å²) in [6, 6.07) is 1.93. The van der Waals surface area contributed by atoms with Gasteiger partial charge in [-0.25, -0.2) is 0 Å². The highest BCUT2D eigenvalue weighted by Gasteiger charge is 1.90. The van der Waals surface area contributed by atoms with Crippen LogP contribution in [0.4, 0.5) is 5.82 Å². The van der Waals surface area contributed by atoms with Crippen LogP contribution in [0.15, 0.2) is 24.4 Å². The fraction of sp³-hybridized carbons (Fsp3) is 0.375. The summed E-state index contributed by atoms with van der Waals surface area (Å²) in [5, 5.41) is 7.27. The lowest BCUT2D eigenvalue weighted by Crippen LogP contribution is -2.01. The summed E-state index contributed by atoms with van der Waals surface area (Å²) in [7, 11) is 1.89. The molecule has 1 aromatic rings. The molecule has 0 unspecified atom stereocenters. The van der Waals surface area contributed by atoms with E-state index >= 15 is 0 Å². The molecule has 0 amide bonds. The normalized spacial score (nSPS) is 10.8. The minimum absolute atomic E-state index is 0.587. The van der Waals surface area contributed by atoms with Gasteiger partial charge in [0.25, 0.3) is 0 Å². The van der Waals surface area contributed by atoms with Crippen LogP contribution in [0.25, 0.3) is 0 Å². The van der Waals surface area contributed by atoms with Crippen LogP contribution in [0.3, 0.4) is 0 Å². The van der Waals surface area contributed by atoms with Crippen molar-refractivity contribution in [2.24, 2.45) is 12.8 Å². The van der Waals surface area contributed by atoms with Gasteiger partial charge in [-0.05, 0) is 0 Å². The molecule has 12 heavy (non-hydrogen) atoms. The Bertz CT molecular complexity index is 251. The van der Waals surface area contributed by atoms with Gasteiger partial charge in [0.2, 0.25) is 0 Å². The van der Waals surface area contributed by atoms with Crippen molar-refractivity contribution >= 4 is 5.82 Å². The molecule has 0 saturated carbocycles. The monoisotopic (exact) mass is 166 g/mol. The molecule has 4 heteroatoms. The third kappa shape index (κ3) is 2.75. The van der Waals surface area contributed by atoms with Gasteiger partial charge in [0, 0.05) is 32.4 Å². The Kier molecular flexibility index (Phi) is 3.35. The summed E-state index contributed by atoms with van der Waals surface area (Å²) >= 11 is 0. The van der Waals surface area contributed by atoms with Crippen LogP contribution in [-0.4, -0.2) is 22.9 Å². The van der Waals surface area contributed by atoms with E-state index in [0.29, 0.717) is 6.54 Å². The number of aryl methyl sites for hydroxylation is 1. The summed E-state index contributed by atoms with van der Waals surface area (Å²) in [5.41, 5.74) is 5.28. The van der Waals surface area contributed by atoms with Gasteiger partial charge in [-0.3, -0.25) is 4.68 Å². The Balaban J connectivity index is 2.28. The summed E-state index contributed by atoms with van der Waals surface area (Å²) < 4.78 is 1.76. The molecule has 0 radical (unpaired) electrons. The molecule has 0 atom stereocenters. The SMILES string of the molecule is Cn1ccc(NC/C=C/CN)n1. The smallest absolute Gasteiger partial charge is 0.148 e. The molecule has 0 aromatic carbocycles. The van der Waals surface area contributed by atoms with Crippen molar-refractivity contribution in [1.82, 2.24) is 9.78 Å². The van der Waals surface area contributed by atoms with Gasteiger partial charge in [0.1, 0.15) is 5.82 Å². The van der Waals surface area contributed by atoms with Crippen molar-refractivity contribution in [2.45, 2.75) is 0 Å². The molecular formula is C8H14N4. The van der Waals surface area contributed by atoms with E-state index < -0.39 is 0 Å². The van der Waals surface area contributed by atoms with Crippen molar-refractivity contribution in [3.05, 3.63) is 24.4 Å².